The lowest BCUT2D eigenvalue weighted by Crippen LogP contribution is -2.22. The highest BCUT2D eigenvalue weighted by molar-refractivity contribution is 6.30. The van der Waals surface area contributed by atoms with Crippen LogP contribution in [-0.4, -0.2) is 12.5 Å². The Hall–Kier alpha value is -2.00. The predicted molar refractivity (Wildman–Crippen MR) is 93.8 cm³/mol. The van der Waals surface area contributed by atoms with Gasteiger partial charge in [0, 0.05) is 16.4 Å². The summed E-state index contributed by atoms with van der Waals surface area (Å²) in [5, 5.41) is 6.69. The van der Waals surface area contributed by atoms with Crippen molar-refractivity contribution in [2.45, 2.75) is 26.7 Å². The molecular weight excluding hydrogens is 296 g/mol. The molecule has 0 fully saturated rings. The third-order valence-corrected chi connectivity index (χ3v) is 3.72. The first-order valence-corrected chi connectivity index (χ1v) is 7.73. The fourth-order valence-corrected chi connectivity index (χ4v) is 2.38. The second-order valence-electron chi connectivity index (χ2n) is 5.64. The van der Waals surface area contributed by atoms with Gasteiger partial charge in [-0.2, -0.15) is 0 Å². The zero-order chi connectivity index (χ0) is 16.1. The number of carbonyl (C=O) groups excluding carboxylic acids is 1. The number of hydrogen-bond donors (Lipinski definition) is 2. The minimum absolute atomic E-state index is 0.0772. The monoisotopic (exact) mass is 316 g/mol. The van der Waals surface area contributed by atoms with Gasteiger partial charge in [0.15, 0.2) is 0 Å². The lowest BCUT2D eigenvalue weighted by Gasteiger charge is -2.11. The molecule has 2 N–H and O–H groups in total. The minimum Gasteiger partial charge on any atom is -0.376 e. The van der Waals surface area contributed by atoms with Crippen molar-refractivity contribution in [3.8, 4) is 0 Å². The van der Waals surface area contributed by atoms with Crippen molar-refractivity contribution in [3.63, 3.8) is 0 Å². The van der Waals surface area contributed by atoms with Crippen molar-refractivity contribution >= 4 is 28.9 Å². The van der Waals surface area contributed by atoms with Gasteiger partial charge in [-0.05, 0) is 54.3 Å². The Kier molecular flexibility index (Phi) is 5.45. The quantitative estimate of drug-likeness (QED) is 0.830. The Bertz CT molecular complexity index is 651. The van der Waals surface area contributed by atoms with Crippen molar-refractivity contribution in [2.75, 3.05) is 17.2 Å². The summed E-state index contributed by atoms with van der Waals surface area (Å²) >= 11 is 5.91. The summed E-state index contributed by atoms with van der Waals surface area (Å²) in [5.74, 6) is 0.408. The maximum absolute atomic E-state index is 12.0. The van der Waals surface area contributed by atoms with Crippen LogP contribution in [0.1, 0.15) is 30.9 Å². The van der Waals surface area contributed by atoms with Crippen molar-refractivity contribution in [1.29, 1.82) is 0 Å². The van der Waals surface area contributed by atoms with E-state index in [0.717, 1.165) is 16.9 Å². The molecule has 0 saturated carbocycles. The van der Waals surface area contributed by atoms with E-state index < -0.39 is 0 Å². The van der Waals surface area contributed by atoms with Crippen LogP contribution in [0.15, 0.2) is 42.5 Å². The molecule has 0 spiro atoms. The van der Waals surface area contributed by atoms with Gasteiger partial charge in [0.25, 0.3) is 0 Å². The zero-order valence-electron chi connectivity index (χ0n) is 13.1. The average Bonchev–Trinajstić information content (AvgIpc) is 2.47. The number of carbonyl (C=O) groups is 1. The van der Waals surface area contributed by atoms with E-state index >= 15 is 0 Å². The molecule has 0 aliphatic rings. The Morgan fingerprint density at radius 2 is 1.82 bits per heavy atom. The number of hydrogen-bond acceptors (Lipinski definition) is 2. The molecule has 0 aliphatic heterocycles. The molecule has 2 aromatic rings. The summed E-state index contributed by atoms with van der Waals surface area (Å²) < 4.78 is 0. The summed E-state index contributed by atoms with van der Waals surface area (Å²) in [4.78, 5) is 12.0. The van der Waals surface area contributed by atoms with Crippen molar-refractivity contribution in [3.05, 3.63) is 58.6 Å². The van der Waals surface area contributed by atoms with E-state index in [0.29, 0.717) is 10.9 Å². The van der Waals surface area contributed by atoms with E-state index in [2.05, 4.69) is 24.5 Å². The summed E-state index contributed by atoms with van der Waals surface area (Å²) in [6, 6.07) is 13.5. The molecule has 0 radical (unpaired) electrons. The molecule has 116 valence electrons. The van der Waals surface area contributed by atoms with E-state index in [1.165, 1.54) is 5.56 Å². The maximum Gasteiger partial charge on any atom is 0.243 e. The molecule has 1 amide bonds. The van der Waals surface area contributed by atoms with Crippen molar-refractivity contribution < 1.29 is 4.79 Å². The first kappa shape index (κ1) is 16.4. The Morgan fingerprint density at radius 3 is 2.41 bits per heavy atom. The number of aryl methyl sites for hydroxylation is 1. The maximum atomic E-state index is 12.0. The first-order valence-electron chi connectivity index (χ1n) is 7.35. The van der Waals surface area contributed by atoms with Crippen LogP contribution in [0, 0.1) is 6.92 Å². The normalized spacial score (nSPS) is 10.6. The Balaban J connectivity index is 1.90. The first-order chi connectivity index (χ1) is 10.5. The molecule has 2 aromatic carbocycles. The summed E-state index contributed by atoms with van der Waals surface area (Å²) in [6.07, 6.45) is 0. The number of nitrogens with one attached hydrogen (secondary N) is 2. The van der Waals surface area contributed by atoms with Crippen molar-refractivity contribution in [1.82, 2.24) is 0 Å². The number of halogens is 1. The predicted octanol–water partition coefficient (Wildman–Crippen LogP) is 4.82. The van der Waals surface area contributed by atoms with Gasteiger partial charge < -0.3 is 10.6 Å². The third-order valence-electron chi connectivity index (χ3n) is 3.49. The van der Waals surface area contributed by atoms with Crippen LogP contribution in [0.4, 0.5) is 11.4 Å². The van der Waals surface area contributed by atoms with Gasteiger partial charge in [-0.15, -0.1) is 0 Å². The topological polar surface area (TPSA) is 41.1 Å². The second kappa shape index (κ2) is 7.32. The van der Waals surface area contributed by atoms with Gasteiger partial charge in [-0.1, -0.05) is 37.6 Å². The molecule has 0 atom stereocenters. The van der Waals surface area contributed by atoms with Crippen LogP contribution in [0.3, 0.4) is 0 Å². The molecule has 0 bridgehead atoms. The lowest BCUT2D eigenvalue weighted by atomic mass is 10.0. The fraction of sp³-hybridized carbons (Fsp3) is 0.278. The molecule has 0 aliphatic carbocycles. The molecular formula is C18H21ClN2O. The van der Waals surface area contributed by atoms with E-state index in [1.807, 2.05) is 43.3 Å². The van der Waals surface area contributed by atoms with Crippen molar-refractivity contribution in [2.24, 2.45) is 0 Å². The highest BCUT2D eigenvalue weighted by Gasteiger charge is 2.05. The molecule has 0 unspecified atom stereocenters. The standard InChI is InChI=1S/C18H21ClN2O/c1-12(2)14-4-7-16(8-5-14)21-18(22)11-20-17-9-6-15(19)10-13(17)3/h4-10,12,20H,11H2,1-3H3,(H,21,22). The van der Waals surface area contributed by atoms with E-state index in [-0.39, 0.29) is 12.5 Å². The van der Waals surface area contributed by atoms with Gasteiger partial charge in [-0.25, -0.2) is 0 Å². The zero-order valence-corrected chi connectivity index (χ0v) is 13.9. The van der Waals surface area contributed by atoms with Gasteiger partial charge >= 0.3 is 0 Å². The SMILES string of the molecule is Cc1cc(Cl)ccc1NCC(=O)Nc1ccc(C(C)C)cc1. The smallest absolute Gasteiger partial charge is 0.243 e. The summed E-state index contributed by atoms with van der Waals surface area (Å²) in [7, 11) is 0. The van der Waals surface area contributed by atoms with E-state index in [9.17, 15) is 4.79 Å². The largest absolute Gasteiger partial charge is 0.376 e. The van der Waals surface area contributed by atoms with Crippen LogP contribution in [0.5, 0.6) is 0 Å². The number of rotatable bonds is 5. The molecule has 0 aromatic heterocycles. The Morgan fingerprint density at radius 1 is 1.14 bits per heavy atom. The minimum atomic E-state index is -0.0772. The van der Waals surface area contributed by atoms with Gasteiger partial charge in [0.05, 0.1) is 6.54 Å². The summed E-state index contributed by atoms with van der Waals surface area (Å²) in [5.41, 5.74) is 3.99. The van der Waals surface area contributed by atoms with Crippen LogP contribution in [0.25, 0.3) is 0 Å². The number of benzene rings is 2. The summed E-state index contributed by atoms with van der Waals surface area (Å²) in [6.45, 7) is 6.46. The Labute approximate surface area is 136 Å². The molecule has 2 rings (SSSR count). The number of anilines is 2. The highest BCUT2D eigenvalue weighted by Crippen LogP contribution is 2.20. The molecule has 4 heteroatoms. The van der Waals surface area contributed by atoms with Gasteiger partial charge in [0.1, 0.15) is 0 Å². The molecule has 3 nitrogen and oxygen atoms in total. The van der Waals surface area contributed by atoms with Gasteiger partial charge in [-0.3, -0.25) is 4.79 Å². The highest BCUT2D eigenvalue weighted by atomic mass is 35.5. The van der Waals surface area contributed by atoms with Crippen LogP contribution in [0.2, 0.25) is 5.02 Å². The fourth-order valence-electron chi connectivity index (χ4n) is 2.16. The van der Waals surface area contributed by atoms with E-state index in [4.69, 9.17) is 11.6 Å². The third kappa shape index (κ3) is 4.50. The number of amides is 1. The van der Waals surface area contributed by atoms with Gasteiger partial charge in [0.2, 0.25) is 5.91 Å². The molecule has 22 heavy (non-hydrogen) atoms. The molecule has 0 heterocycles. The lowest BCUT2D eigenvalue weighted by molar-refractivity contribution is -0.114. The average molecular weight is 317 g/mol. The molecule has 0 saturated heterocycles. The van der Waals surface area contributed by atoms with Crippen LogP contribution in [-0.2, 0) is 4.79 Å². The van der Waals surface area contributed by atoms with Crippen LogP contribution >= 0.6 is 11.6 Å². The van der Waals surface area contributed by atoms with Crippen LogP contribution < -0.4 is 10.6 Å². The van der Waals surface area contributed by atoms with E-state index in [1.54, 1.807) is 6.07 Å². The second-order valence-corrected chi connectivity index (χ2v) is 6.07.